The third-order valence-electron chi connectivity index (χ3n) is 3.92. The highest BCUT2D eigenvalue weighted by molar-refractivity contribution is 5.89. The maximum atomic E-state index is 12.1. The quantitative estimate of drug-likeness (QED) is 0.887. The van der Waals surface area contributed by atoms with Gasteiger partial charge in [0.2, 0.25) is 0 Å². The fraction of sp³-hybridized carbons (Fsp3) is 0.333. The van der Waals surface area contributed by atoms with Crippen LogP contribution in [0, 0.1) is 0 Å². The average molecular weight is 326 g/mol. The molecular formula is C18H22N4O2. The molecule has 1 fully saturated rings. The molecule has 24 heavy (non-hydrogen) atoms. The van der Waals surface area contributed by atoms with E-state index in [2.05, 4.69) is 20.5 Å². The first-order chi connectivity index (χ1) is 11.7. The first kappa shape index (κ1) is 16.1. The van der Waals surface area contributed by atoms with Gasteiger partial charge in [-0.25, -0.2) is 9.78 Å². The van der Waals surface area contributed by atoms with Crippen molar-refractivity contribution >= 4 is 17.5 Å². The van der Waals surface area contributed by atoms with Crippen LogP contribution in [-0.2, 0) is 0 Å². The number of pyridine rings is 1. The van der Waals surface area contributed by atoms with Crippen LogP contribution in [-0.4, -0.2) is 36.8 Å². The number of nitrogens with one attached hydrogen (secondary N) is 2. The summed E-state index contributed by atoms with van der Waals surface area (Å²) in [5, 5.41) is 5.87. The van der Waals surface area contributed by atoms with Gasteiger partial charge in [0.1, 0.15) is 11.6 Å². The summed E-state index contributed by atoms with van der Waals surface area (Å²) in [6.45, 7) is 4.23. The number of ether oxygens (including phenoxy) is 1. The van der Waals surface area contributed by atoms with Crippen molar-refractivity contribution in [2.24, 2.45) is 0 Å². The smallest absolute Gasteiger partial charge is 0.319 e. The van der Waals surface area contributed by atoms with Crippen molar-refractivity contribution < 1.29 is 9.53 Å². The standard InChI is InChI=1S/C18H22N4O2/c1-2-24-16-8-6-14(7-9-16)20-18(23)21-15-10-12-22(13-15)17-5-3-4-11-19-17/h3-9,11,15H,2,10,12-13H2,1H3,(H2,20,21,23). The lowest BCUT2D eigenvalue weighted by molar-refractivity contribution is 0.249. The second-order valence-electron chi connectivity index (χ2n) is 5.68. The van der Waals surface area contributed by atoms with Crippen molar-refractivity contribution in [1.82, 2.24) is 10.3 Å². The number of anilines is 2. The van der Waals surface area contributed by atoms with Gasteiger partial charge in [0.25, 0.3) is 0 Å². The second-order valence-corrected chi connectivity index (χ2v) is 5.68. The van der Waals surface area contributed by atoms with E-state index in [0.717, 1.165) is 36.8 Å². The molecule has 0 saturated carbocycles. The van der Waals surface area contributed by atoms with Crippen molar-refractivity contribution in [3.05, 3.63) is 48.7 Å². The first-order valence-electron chi connectivity index (χ1n) is 8.21. The topological polar surface area (TPSA) is 66.5 Å². The minimum absolute atomic E-state index is 0.120. The number of rotatable bonds is 5. The van der Waals surface area contributed by atoms with E-state index in [1.807, 2.05) is 49.4 Å². The summed E-state index contributed by atoms with van der Waals surface area (Å²) in [5.41, 5.74) is 0.746. The highest BCUT2D eigenvalue weighted by atomic mass is 16.5. The molecule has 6 nitrogen and oxygen atoms in total. The molecule has 0 aliphatic carbocycles. The fourth-order valence-electron chi connectivity index (χ4n) is 2.78. The highest BCUT2D eigenvalue weighted by Gasteiger charge is 2.24. The number of aromatic nitrogens is 1. The van der Waals surface area contributed by atoms with Crippen molar-refractivity contribution in [3.63, 3.8) is 0 Å². The van der Waals surface area contributed by atoms with Gasteiger partial charge >= 0.3 is 6.03 Å². The van der Waals surface area contributed by atoms with E-state index < -0.39 is 0 Å². The number of hydrogen-bond acceptors (Lipinski definition) is 4. The summed E-state index contributed by atoms with van der Waals surface area (Å²) in [5.74, 6) is 1.75. The Labute approximate surface area is 141 Å². The Morgan fingerprint density at radius 1 is 1.29 bits per heavy atom. The summed E-state index contributed by atoms with van der Waals surface area (Å²) in [4.78, 5) is 18.7. The van der Waals surface area contributed by atoms with E-state index in [4.69, 9.17) is 4.74 Å². The van der Waals surface area contributed by atoms with Gasteiger partial charge in [-0.1, -0.05) is 6.07 Å². The van der Waals surface area contributed by atoms with E-state index in [1.54, 1.807) is 6.20 Å². The maximum Gasteiger partial charge on any atom is 0.319 e. The molecule has 3 rings (SSSR count). The van der Waals surface area contributed by atoms with Crippen LogP contribution in [0.1, 0.15) is 13.3 Å². The van der Waals surface area contributed by atoms with Crippen LogP contribution in [0.25, 0.3) is 0 Å². The van der Waals surface area contributed by atoms with Gasteiger partial charge < -0.3 is 20.3 Å². The third kappa shape index (κ3) is 4.16. The number of urea groups is 1. The van der Waals surface area contributed by atoms with Gasteiger partial charge in [-0.15, -0.1) is 0 Å². The lowest BCUT2D eigenvalue weighted by Crippen LogP contribution is -2.39. The molecule has 126 valence electrons. The minimum Gasteiger partial charge on any atom is -0.494 e. The molecule has 1 unspecified atom stereocenters. The number of carbonyl (C=O) groups excluding carboxylic acids is 1. The Morgan fingerprint density at radius 2 is 2.12 bits per heavy atom. The molecule has 2 amide bonds. The zero-order chi connectivity index (χ0) is 16.8. The molecule has 1 aliphatic heterocycles. The number of carbonyl (C=O) groups is 1. The van der Waals surface area contributed by atoms with Crippen molar-refractivity contribution in [3.8, 4) is 5.75 Å². The van der Waals surface area contributed by atoms with E-state index in [0.29, 0.717) is 6.61 Å². The maximum absolute atomic E-state index is 12.1. The summed E-state index contributed by atoms with van der Waals surface area (Å²) in [7, 11) is 0. The molecule has 1 aliphatic rings. The lowest BCUT2D eigenvalue weighted by atomic mass is 10.2. The summed E-state index contributed by atoms with van der Waals surface area (Å²) in [6.07, 6.45) is 2.70. The molecular weight excluding hydrogens is 304 g/mol. The molecule has 6 heteroatoms. The van der Waals surface area contributed by atoms with E-state index >= 15 is 0 Å². The van der Waals surface area contributed by atoms with E-state index in [-0.39, 0.29) is 12.1 Å². The van der Waals surface area contributed by atoms with Gasteiger partial charge in [-0.3, -0.25) is 0 Å². The van der Waals surface area contributed by atoms with Crippen LogP contribution >= 0.6 is 0 Å². The molecule has 0 radical (unpaired) electrons. The highest BCUT2D eigenvalue weighted by Crippen LogP contribution is 2.18. The van der Waals surface area contributed by atoms with Crippen molar-refractivity contribution in [1.29, 1.82) is 0 Å². The molecule has 2 heterocycles. The Morgan fingerprint density at radius 3 is 2.83 bits per heavy atom. The minimum atomic E-state index is -0.188. The van der Waals surface area contributed by atoms with Crippen molar-refractivity contribution in [2.45, 2.75) is 19.4 Å². The molecule has 1 aromatic heterocycles. The van der Waals surface area contributed by atoms with Crippen LogP contribution in [0.2, 0.25) is 0 Å². The van der Waals surface area contributed by atoms with E-state index in [1.165, 1.54) is 0 Å². The molecule has 0 spiro atoms. The summed E-state index contributed by atoms with van der Waals surface area (Å²) in [6, 6.07) is 13.2. The fourth-order valence-corrected chi connectivity index (χ4v) is 2.78. The Hall–Kier alpha value is -2.76. The zero-order valence-corrected chi connectivity index (χ0v) is 13.7. The largest absolute Gasteiger partial charge is 0.494 e. The van der Waals surface area contributed by atoms with Crippen LogP contribution in [0.15, 0.2) is 48.7 Å². The van der Waals surface area contributed by atoms with Crippen LogP contribution in [0.5, 0.6) is 5.75 Å². The van der Waals surface area contributed by atoms with Crippen LogP contribution < -0.4 is 20.3 Å². The number of benzene rings is 1. The van der Waals surface area contributed by atoms with Gasteiger partial charge in [-0.2, -0.15) is 0 Å². The lowest BCUT2D eigenvalue weighted by Gasteiger charge is -2.18. The Bertz CT molecular complexity index is 660. The SMILES string of the molecule is CCOc1ccc(NC(=O)NC2CCN(c3ccccn3)C2)cc1. The normalized spacial score (nSPS) is 16.7. The number of nitrogens with zero attached hydrogens (tertiary/aromatic N) is 2. The third-order valence-corrected chi connectivity index (χ3v) is 3.92. The summed E-state index contributed by atoms with van der Waals surface area (Å²) < 4.78 is 5.39. The van der Waals surface area contributed by atoms with Gasteiger partial charge in [0.05, 0.1) is 6.61 Å². The Balaban J connectivity index is 1.49. The monoisotopic (exact) mass is 326 g/mol. The van der Waals surface area contributed by atoms with Crippen LogP contribution in [0.3, 0.4) is 0 Å². The Kier molecular flexibility index (Phi) is 5.15. The first-order valence-corrected chi connectivity index (χ1v) is 8.21. The molecule has 2 aromatic rings. The predicted octanol–water partition coefficient (Wildman–Crippen LogP) is 2.88. The average Bonchev–Trinajstić information content (AvgIpc) is 3.06. The number of hydrogen-bond donors (Lipinski definition) is 2. The van der Waals surface area contributed by atoms with Crippen LogP contribution in [0.4, 0.5) is 16.3 Å². The van der Waals surface area contributed by atoms with Gasteiger partial charge in [-0.05, 0) is 49.7 Å². The summed E-state index contributed by atoms with van der Waals surface area (Å²) >= 11 is 0. The van der Waals surface area contributed by atoms with Gasteiger partial charge in [0.15, 0.2) is 0 Å². The second kappa shape index (κ2) is 7.68. The van der Waals surface area contributed by atoms with Gasteiger partial charge in [0, 0.05) is 31.0 Å². The molecule has 1 atom stereocenters. The number of amides is 2. The molecule has 0 bridgehead atoms. The predicted molar refractivity (Wildman–Crippen MR) is 94.6 cm³/mol. The molecule has 2 N–H and O–H groups in total. The zero-order valence-electron chi connectivity index (χ0n) is 13.7. The van der Waals surface area contributed by atoms with E-state index in [9.17, 15) is 4.79 Å². The van der Waals surface area contributed by atoms with Crippen molar-refractivity contribution in [2.75, 3.05) is 29.9 Å². The molecule has 1 saturated heterocycles. The molecule has 1 aromatic carbocycles.